The Morgan fingerprint density at radius 1 is 0.714 bits per heavy atom. The summed E-state index contributed by atoms with van der Waals surface area (Å²) >= 11 is 0. The molecular weight excluding hydrogens is 438 g/mol. The van der Waals surface area contributed by atoms with Crippen molar-refractivity contribution >= 4 is 0 Å². The van der Waals surface area contributed by atoms with Crippen LogP contribution >= 0.6 is 0 Å². The molecule has 0 bridgehead atoms. The minimum Gasteiger partial charge on any atom is -0.462 e. The number of hydrogen-bond acceptors (Lipinski definition) is 1. The van der Waals surface area contributed by atoms with Crippen LogP contribution in [0.1, 0.15) is 116 Å². The molecule has 0 aliphatic heterocycles. The Morgan fingerprint density at radius 2 is 1.20 bits per heavy atom. The van der Waals surface area contributed by atoms with Crippen LogP contribution < -0.4 is 4.74 Å². The van der Waals surface area contributed by atoms with Gasteiger partial charge in [-0.2, -0.15) is 4.39 Å². The zero-order chi connectivity index (χ0) is 24.6. The van der Waals surface area contributed by atoms with Gasteiger partial charge in [-0.1, -0.05) is 57.6 Å². The highest BCUT2D eigenvalue weighted by atomic mass is 19.2. The van der Waals surface area contributed by atoms with E-state index in [2.05, 4.69) is 6.92 Å². The van der Waals surface area contributed by atoms with Gasteiger partial charge in [0.2, 0.25) is 5.82 Å². The van der Waals surface area contributed by atoms with E-state index in [0.29, 0.717) is 17.9 Å². The number of rotatable bonds is 9. The van der Waals surface area contributed by atoms with Crippen LogP contribution in [-0.4, -0.2) is 0 Å². The summed E-state index contributed by atoms with van der Waals surface area (Å²) in [4.78, 5) is 0. The maximum absolute atomic E-state index is 14.5. The minimum atomic E-state index is -0.867. The molecule has 0 unspecified atom stereocenters. The van der Waals surface area contributed by atoms with E-state index in [-0.39, 0.29) is 5.75 Å². The Kier molecular flexibility index (Phi) is 10.1. The second-order valence-corrected chi connectivity index (χ2v) is 12.0. The molecule has 1 nitrogen and oxygen atoms in total. The molecule has 0 spiro atoms. The van der Waals surface area contributed by atoms with Gasteiger partial charge in [0.25, 0.3) is 0 Å². The van der Waals surface area contributed by atoms with Crippen molar-refractivity contribution in [3.63, 3.8) is 0 Å². The van der Waals surface area contributed by atoms with Crippen LogP contribution in [0.4, 0.5) is 8.78 Å². The van der Waals surface area contributed by atoms with Crippen LogP contribution in [0.15, 0.2) is 24.5 Å². The third kappa shape index (κ3) is 7.10. The molecule has 3 aliphatic rings. The molecular formula is C32H48F2O. The third-order valence-electron chi connectivity index (χ3n) is 9.91. The van der Waals surface area contributed by atoms with Gasteiger partial charge in [0.15, 0.2) is 11.6 Å². The van der Waals surface area contributed by atoms with E-state index >= 15 is 0 Å². The monoisotopic (exact) mass is 486 g/mol. The first-order valence-electron chi connectivity index (χ1n) is 14.8. The molecule has 4 rings (SSSR count). The summed E-state index contributed by atoms with van der Waals surface area (Å²) in [7, 11) is 0. The average Bonchev–Trinajstić information content (AvgIpc) is 2.90. The number of allylic oxidation sites excluding steroid dienone is 1. The second kappa shape index (κ2) is 13.2. The van der Waals surface area contributed by atoms with Gasteiger partial charge >= 0.3 is 0 Å². The van der Waals surface area contributed by atoms with Gasteiger partial charge in [-0.15, -0.1) is 0 Å². The Morgan fingerprint density at radius 3 is 1.69 bits per heavy atom. The fraction of sp³-hybridized carbons (Fsp3) is 0.750. The van der Waals surface area contributed by atoms with Crippen molar-refractivity contribution in [1.82, 2.24) is 0 Å². The van der Waals surface area contributed by atoms with E-state index in [1.807, 2.05) is 0 Å². The summed E-state index contributed by atoms with van der Waals surface area (Å²) in [6.45, 7) is 4.12. The largest absolute Gasteiger partial charge is 0.462 e. The molecule has 0 aromatic heterocycles. The van der Waals surface area contributed by atoms with Crippen LogP contribution in [0.3, 0.4) is 0 Å². The number of halogens is 2. The van der Waals surface area contributed by atoms with Crippen molar-refractivity contribution in [2.75, 3.05) is 0 Å². The number of benzene rings is 1. The smallest absolute Gasteiger partial charge is 0.201 e. The van der Waals surface area contributed by atoms with Gasteiger partial charge in [-0.3, -0.25) is 0 Å². The molecule has 3 saturated carbocycles. The van der Waals surface area contributed by atoms with Gasteiger partial charge < -0.3 is 4.74 Å². The van der Waals surface area contributed by atoms with Crippen LogP contribution in [0, 0.1) is 47.1 Å². The molecule has 1 aromatic rings. The van der Waals surface area contributed by atoms with E-state index in [0.717, 1.165) is 36.0 Å². The zero-order valence-electron chi connectivity index (χ0n) is 22.3. The fourth-order valence-corrected chi connectivity index (χ4v) is 7.75. The maximum Gasteiger partial charge on any atom is 0.201 e. The van der Waals surface area contributed by atoms with E-state index < -0.39 is 11.6 Å². The van der Waals surface area contributed by atoms with Crippen molar-refractivity contribution in [3.05, 3.63) is 41.7 Å². The maximum atomic E-state index is 14.5. The minimum absolute atomic E-state index is 0.0382. The first-order valence-corrected chi connectivity index (χ1v) is 14.8. The van der Waals surface area contributed by atoms with Crippen molar-refractivity contribution in [1.29, 1.82) is 0 Å². The average molecular weight is 487 g/mol. The molecule has 35 heavy (non-hydrogen) atoms. The van der Waals surface area contributed by atoms with Crippen LogP contribution in [0.25, 0.3) is 0 Å². The van der Waals surface area contributed by atoms with Crippen LogP contribution in [0.5, 0.6) is 5.75 Å². The molecule has 3 aliphatic carbocycles. The van der Waals surface area contributed by atoms with E-state index in [4.69, 9.17) is 4.74 Å². The standard InChI is InChI=1S/C32H48F2O/c1-3-5-23-6-11-25(12-7-23)27-16-18-28(19-17-27)26-13-8-24(9-14-26)10-15-29-20-21-30(35-22-4-2)32(34)31(29)33/h4,20-28H,3,5-19H2,1-2H3/b22-4+. The molecule has 3 heteroatoms. The summed E-state index contributed by atoms with van der Waals surface area (Å²) in [5.41, 5.74) is 0.486. The van der Waals surface area contributed by atoms with Gasteiger partial charge in [-0.25, -0.2) is 4.39 Å². The van der Waals surface area contributed by atoms with E-state index in [1.165, 1.54) is 96.2 Å². The first-order chi connectivity index (χ1) is 17.1. The molecule has 3 fully saturated rings. The zero-order valence-corrected chi connectivity index (χ0v) is 22.3. The Labute approximate surface area is 213 Å². The summed E-state index contributed by atoms with van der Waals surface area (Å²) < 4.78 is 33.9. The molecule has 0 amide bonds. The van der Waals surface area contributed by atoms with Crippen LogP contribution in [0.2, 0.25) is 0 Å². The summed E-state index contributed by atoms with van der Waals surface area (Å²) in [5.74, 6) is 3.92. The van der Waals surface area contributed by atoms with E-state index in [9.17, 15) is 8.78 Å². The molecule has 1 aromatic carbocycles. The summed E-state index contributed by atoms with van der Waals surface area (Å²) in [5, 5.41) is 0. The highest BCUT2D eigenvalue weighted by Gasteiger charge is 2.34. The Hall–Kier alpha value is -1.38. The quantitative estimate of drug-likeness (QED) is 0.315. The molecule has 0 atom stereocenters. The lowest BCUT2D eigenvalue weighted by Gasteiger charge is -2.41. The fourth-order valence-electron chi connectivity index (χ4n) is 7.75. The Balaban J connectivity index is 1.16. The van der Waals surface area contributed by atoms with Gasteiger partial charge in [0.05, 0.1) is 6.26 Å². The molecule has 196 valence electrons. The lowest BCUT2D eigenvalue weighted by Crippen LogP contribution is -2.29. The normalized spacial score (nSPS) is 32.1. The highest BCUT2D eigenvalue weighted by Crippen LogP contribution is 2.46. The lowest BCUT2D eigenvalue weighted by molar-refractivity contribution is 0.102. The summed E-state index contributed by atoms with van der Waals surface area (Å²) in [6.07, 6.45) is 24.5. The first kappa shape index (κ1) is 26.7. The predicted molar refractivity (Wildman–Crippen MR) is 141 cm³/mol. The number of aryl methyl sites for hydroxylation is 1. The van der Waals surface area contributed by atoms with Crippen molar-refractivity contribution in [3.8, 4) is 5.75 Å². The van der Waals surface area contributed by atoms with Crippen molar-refractivity contribution in [2.45, 2.75) is 117 Å². The SMILES string of the molecule is C/C=C/Oc1ccc(CCC2CCC(C3CCC(C4CCC(CCC)CC4)CC3)CC2)c(F)c1F. The molecule has 0 saturated heterocycles. The molecule has 0 radical (unpaired) electrons. The highest BCUT2D eigenvalue weighted by molar-refractivity contribution is 5.31. The molecule has 0 N–H and O–H groups in total. The number of ether oxygens (including phenoxy) is 1. The number of hydrogen-bond donors (Lipinski definition) is 0. The topological polar surface area (TPSA) is 9.23 Å². The molecule has 0 heterocycles. The van der Waals surface area contributed by atoms with E-state index in [1.54, 1.807) is 25.1 Å². The van der Waals surface area contributed by atoms with Crippen LogP contribution in [-0.2, 0) is 6.42 Å². The van der Waals surface area contributed by atoms with Gasteiger partial charge in [0.1, 0.15) is 0 Å². The summed E-state index contributed by atoms with van der Waals surface area (Å²) in [6, 6.07) is 3.25. The second-order valence-electron chi connectivity index (χ2n) is 12.0. The van der Waals surface area contributed by atoms with Crippen molar-refractivity contribution in [2.24, 2.45) is 35.5 Å². The lowest BCUT2D eigenvalue weighted by atomic mass is 9.64. The predicted octanol–water partition coefficient (Wildman–Crippen LogP) is 10.0. The van der Waals surface area contributed by atoms with Gasteiger partial charge in [0, 0.05) is 0 Å². The van der Waals surface area contributed by atoms with Gasteiger partial charge in [-0.05, 0) is 118 Å². The Bertz CT molecular complexity index is 794. The third-order valence-corrected chi connectivity index (χ3v) is 9.91. The van der Waals surface area contributed by atoms with Crippen molar-refractivity contribution < 1.29 is 13.5 Å².